The Morgan fingerprint density at radius 3 is 2.60 bits per heavy atom. The van der Waals surface area contributed by atoms with Crippen molar-refractivity contribution in [2.75, 3.05) is 19.7 Å². The molecule has 42 heavy (non-hydrogen) atoms. The molecule has 4 aliphatic rings. The van der Waals surface area contributed by atoms with Crippen LogP contribution in [0.15, 0.2) is 35.6 Å². The number of hydrogen-bond acceptors (Lipinski definition) is 10. The summed E-state index contributed by atoms with van der Waals surface area (Å²) in [4.78, 5) is 57.4. The van der Waals surface area contributed by atoms with Crippen LogP contribution in [0.2, 0.25) is 0 Å². The van der Waals surface area contributed by atoms with Gasteiger partial charge in [-0.3, -0.25) is 24.6 Å². The fourth-order valence-corrected chi connectivity index (χ4v) is 5.75. The molecule has 226 valence electrons. The van der Waals surface area contributed by atoms with Crippen LogP contribution in [0, 0.1) is 11.6 Å². The Bertz CT molecular complexity index is 1380. The van der Waals surface area contributed by atoms with Gasteiger partial charge in [0.25, 0.3) is 5.91 Å². The number of imide groups is 1. The van der Waals surface area contributed by atoms with Crippen molar-refractivity contribution >= 4 is 64.6 Å². The minimum atomic E-state index is -1.92. The molecular weight excluding hydrogens is 627 g/mol. The Kier molecular flexibility index (Phi) is 7.89. The molecule has 3 saturated heterocycles. The van der Waals surface area contributed by atoms with Crippen LogP contribution in [0.1, 0.15) is 23.2 Å². The maximum Gasteiger partial charge on any atom is 0.414 e. The van der Waals surface area contributed by atoms with Crippen LogP contribution >= 0.6 is 34.8 Å². The fourth-order valence-electron chi connectivity index (χ4n) is 5.59. The number of guanidine groups is 1. The molecule has 13 nitrogen and oxygen atoms in total. The van der Waals surface area contributed by atoms with Gasteiger partial charge in [-0.05, 0) is 18.2 Å². The molecule has 5 atom stereocenters. The maximum absolute atomic E-state index is 14.3. The average molecular weight is 651 g/mol. The van der Waals surface area contributed by atoms with E-state index in [2.05, 4.69) is 32.8 Å². The summed E-state index contributed by atoms with van der Waals surface area (Å²) in [5, 5.41) is 22.7. The fraction of sp³-hybridized carbons (Fsp3) is 0.458. The Labute approximate surface area is 252 Å². The largest absolute Gasteiger partial charge is 0.445 e. The Morgan fingerprint density at radius 2 is 1.93 bits per heavy atom. The van der Waals surface area contributed by atoms with Gasteiger partial charge in [-0.25, -0.2) is 18.6 Å². The Morgan fingerprint density at radius 1 is 1.24 bits per heavy atom. The molecule has 0 unspecified atom stereocenters. The second kappa shape index (κ2) is 11.0. The lowest BCUT2D eigenvalue weighted by molar-refractivity contribution is -0.139. The molecule has 0 radical (unpaired) electrons. The van der Waals surface area contributed by atoms with E-state index in [0.29, 0.717) is 6.07 Å². The molecule has 4 heterocycles. The first-order chi connectivity index (χ1) is 19.7. The molecule has 3 fully saturated rings. The van der Waals surface area contributed by atoms with Gasteiger partial charge in [0.05, 0.1) is 36.1 Å². The van der Waals surface area contributed by atoms with Crippen molar-refractivity contribution in [1.29, 1.82) is 0 Å². The maximum atomic E-state index is 14.3. The van der Waals surface area contributed by atoms with E-state index < -0.39 is 81.3 Å². The lowest BCUT2D eigenvalue weighted by Gasteiger charge is -2.47. The summed E-state index contributed by atoms with van der Waals surface area (Å²) in [5.41, 5.74) is -2.15. The zero-order chi connectivity index (χ0) is 30.6. The van der Waals surface area contributed by atoms with E-state index in [1.165, 1.54) is 4.90 Å². The van der Waals surface area contributed by atoms with Crippen molar-refractivity contribution in [2.24, 2.45) is 4.99 Å². The Hall–Kier alpha value is -3.40. The number of aliphatic hydroxyl groups excluding tert-OH is 1. The lowest BCUT2D eigenvalue weighted by Crippen LogP contribution is -2.74. The number of nitrogens with one attached hydrogen (secondary N) is 4. The SMILES string of the molecule is C=C1N[C@H]2[C@H](CN3C(=O)CCC3=O)N=C(NC(=O)OCC(Cl)(Cl)Cl)N3C[C@H](NC(=O)c4cc(F)ccc4F)[C@H](O)[C@]23N1. The van der Waals surface area contributed by atoms with Crippen LogP contribution in [0.25, 0.3) is 0 Å². The molecule has 18 heteroatoms. The van der Waals surface area contributed by atoms with Crippen LogP contribution in [-0.4, -0.2) is 98.1 Å². The van der Waals surface area contributed by atoms with E-state index in [9.17, 15) is 33.1 Å². The second-order valence-corrected chi connectivity index (χ2v) is 12.6. The number of rotatable bonds is 5. The molecule has 4 aliphatic heterocycles. The smallest absolute Gasteiger partial charge is 0.414 e. The quantitative estimate of drug-likeness (QED) is 0.225. The number of aliphatic hydroxyl groups is 1. The van der Waals surface area contributed by atoms with Gasteiger partial charge in [-0.15, -0.1) is 0 Å². The number of aliphatic imine (C=N–C) groups is 1. The zero-order valence-corrected chi connectivity index (χ0v) is 23.8. The van der Waals surface area contributed by atoms with E-state index in [1.54, 1.807) is 0 Å². The monoisotopic (exact) mass is 649 g/mol. The first-order valence-corrected chi connectivity index (χ1v) is 13.7. The number of alkyl carbamates (subject to hydrolysis) is 1. The number of carbonyl (C=O) groups is 4. The van der Waals surface area contributed by atoms with E-state index in [1.807, 2.05) is 0 Å². The summed E-state index contributed by atoms with van der Waals surface area (Å²) in [5.74, 6) is -3.61. The molecule has 1 spiro atoms. The van der Waals surface area contributed by atoms with Crippen molar-refractivity contribution in [3.63, 3.8) is 0 Å². The van der Waals surface area contributed by atoms with Gasteiger partial charge in [0.1, 0.15) is 24.3 Å². The van der Waals surface area contributed by atoms with Crippen molar-refractivity contribution in [3.05, 3.63) is 47.8 Å². The summed E-state index contributed by atoms with van der Waals surface area (Å²) in [7, 11) is 0. The van der Waals surface area contributed by atoms with Gasteiger partial charge < -0.3 is 30.7 Å². The number of halogens is 5. The summed E-state index contributed by atoms with van der Waals surface area (Å²) in [6.07, 6.45) is -2.53. The highest BCUT2D eigenvalue weighted by Gasteiger charge is 2.66. The first-order valence-electron chi connectivity index (χ1n) is 12.6. The second-order valence-electron chi connectivity index (χ2n) is 10.0. The van der Waals surface area contributed by atoms with Gasteiger partial charge in [0.2, 0.25) is 21.6 Å². The van der Waals surface area contributed by atoms with Gasteiger partial charge >= 0.3 is 6.09 Å². The van der Waals surface area contributed by atoms with Crippen LogP contribution in [0.5, 0.6) is 0 Å². The molecule has 4 amide bonds. The van der Waals surface area contributed by atoms with Gasteiger partial charge in [0.15, 0.2) is 5.66 Å². The van der Waals surface area contributed by atoms with Crippen molar-refractivity contribution in [3.8, 4) is 0 Å². The molecule has 5 N–H and O–H groups in total. The van der Waals surface area contributed by atoms with E-state index in [4.69, 9.17) is 39.5 Å². The number of nitrogens with zero attached hydrogens (tertiary/aromatic N) is 3. The summed E-state index contributed by atoms with van der Waals surface area (Å²) in [6.45, 7) is 2.82. The molecular formula is C24H24Cl3F2N7O6. The third kappa shape index (κ3) is 5.53. The number of ether oxygens (including phenoxy) is 1. The highest BCUT2D eigenvalue weighted by atomic mass is 35.6. The molecule has 0 aliphatic carbocycles. The average Bonchev–Trinajstić information content (AvgIpc) is 3.52. The van der Waals surface area contributed by atoms with Crippen LogP contribution in [0.3, 0.4) is 0 Å². The lowest BCUT2D eigenvalue weighted by atomic mass is 9.87. The first kappa shape index (κ1) is 30.1. The summed E-state index contributed by atoms with van der Waals surface area (Å²) >= 11 is 17.0. The molecule has 0 aromatic heterocycles. The van der Waals surface area contributed by atoms with Gasteiger partial charge in [0, 0.05) is 19.4 Å². The van der Waals surface area contributed by atoms with Crippen molar-refractivity contribution in [2.45, 2.75) is 46.5 Å². The Balaban J connectivity index is 1.48. The molecule has 1 aromatic rings. The molecule has 1 aromatic carbocycles. The highest BCUT2D eigenvalue weighted by Crippen LogP contribution is 2.40. The number of alkyl halides is 3. The van der Waals surface area contributed by atoms with E-state index in [-0.39, 0.29) is 37.7 Å². The number of benzene rings is 1. The van der Waals surface area contributed by atoms with Crippen molar-refractivity contribution < 1.29 is 37.8 Å². The predicted molar refractivity (Wildman–Crippen MR) is 144 cm³/mol. The van der Waals surface area contributed by atoms with Crippen LogP contribution in [0.4, 0.5) is 13.6 Å². The predicted octanol–water partition coefficient (Wildman–Crippen LogP) is 0.452. The highest BCUT2D eigenvalue weighted by molar-refractivity contribution is 6.67. The third-order valence-corrected chi connectivity index (χ3v) is 7.66. The van der Waals surface area contributed by atoms with E-state index >= 15 is 0 Å². The number of hydrogen-bond donors (Lipinski definition) is 5. The van der Waals surface area contributed by atoms with Gasteiger partial charge in [-0.2, -0.15) is 0 Å². The summed E-state index contributed by atoms with van der Waals surface area (Å²) in [6, 6.07) is -0.591. The zero-order valence-electron chi connectivity index (χ0n) is 21.5. The van der Waals surface area contributed by atoms with Crippen molar-refractivity contribution in [1.82, 2.24) is 31.1 Å². The number of amides is 4. The van der Waals surface area contributed by atoms with Gasteiger partial charge in [-0.1, -0.05) is 41.4 Å². The molecule has 0 bridgehead atoms. The minimum absolute atomic E-state index is 0.0252. The number of carbonyl (C=O) groups excluding carboxylic acids is 4. The normalized spacial score (nSPS) is 28.5. The van der Waals surface area contributed by atoms with E-state index in [0.717, 1.165) is 17.0 Å². The molecule has 0 saturated carbocycles. The topological polar surface area (TPSA) is 165 Å². The van der Waals surface area contributed by atoms with Crippen LogP contribution in [-0.2, 0) is 14.3 Å². The summed E-state index contributed by atoms with van der Waals surface area (Å²) < 4.78 is 31.1. The van der Waals surface area contributed by atoms with Crippen LogP contribution < -0.4 is 21.3 Å². The third-order valence-electron chi connectivity index (χ3n) is 7.34. The number of likely N-dealkylation sites (tertiary alicyclic amines) is 1. The molecule has 5 rings (SSSR count). The minimum Gasteiger partial charge on any atom is -0.445 e. The standard InChI is InChI=1S/C24H24Cl3F2N7O6/c1-10-30-18-14(7-35-16(37)4-5-17(35)38)32-21(33-22(41)42-9-23(25,26)27)36-8-15(19(39)24(18,36)34-10)31-20(40)12-6-11(28)2-3-13(12)29/h2-3,6,14-15,18-19,30,34,39H,1,4-5,7-9H2,(H,31,40)(H,32,33,41)/t14-,15-,18-,19-,24-/m0/s1.